The molecule has 3 aromatic rings. The predicted molar refractivity (Wildman–Crippen MR) is 110 cm³/mol. The van der Waals surface area contributed by atoms with Crippen molar-refractivity contribution in [3.63, 3.8) is 0 Å². The van der Waals surface area contributed by atoms with E-state index in [1.54, 1.807) is 37.5 Å². The second-order valence-corrected chi connectivity index (χ2v) is 6.16. The van der Waals surface area contributed by atoms with Crippen molar-refractivity contribution in [2.24, 2.45) is 0 Å². The molecule has 0 heterocycles. The van der Waals surface area contributed by atoms with Crippen molar-refractivity contribution in [3.8, 4) is 17.6 Å². The number of ether oxygens (including phenoxy) is 2. The Morgan fingerprint density at radius 3 is 2.41 bits per heavy atom. The normalized spacial score (nSPS) is 10.8. The molecule has 0 unspecified atom stereocenters. The van der Waals surface area contributed by atoms with E-state index in [1.807, 2.05) is 36.4 Å². The van der Waals surface area contributed by atoms with E-state index in [0.29, 0.717) is 29.2 Å². The summed E-state index contributed by atoms with van der Waals surface area (Å²) in [6.45, 7) is 0.387. The van der Waals surface area contributed by atoms with Crippen LogP contribution < -0.4 is 9.47 Å². The Labute approximate surface area is 168 Å². The number of rotatable bonds is 7. The van der Waals surface area contributed by atoms with Gasteiger partial charge >= 0.3 is 0 Å². The molecule has 0 N–H and O–H groups in total. The Bertz CT molecular complexity index is 1070. The number of allylic oxidation sites excluding steroid dienone is 1. The Morgan fingerprint density at radius 2 is 1.79 bits per heavy atom. The summed E-state index contributed by atoms with van der Waals surface area (Å²) in [5.41, 5.74) is 2.75. The third-order valence-electron chi connectivity index (χ3n) is 4.25. The van der Waals surface area contributed by atoms with E-state index in [4.69, 9.17) is 9.47 Å². The van der Waals surface area contributed by atoms with Gasteiger partial charge in [-0.25, -0.2) is 0 Å². The lowest BCUT2D eigenvalue weighted by Gasteiger charge is -2.12. The Balaban J connectivity index is 1.86. The van der Waals surface area contributed by atoms with Crippen molar-refractivity contribution in [2.75, 3.05) is 7.11 Å². The molecule has 3 rings (SSSR count). The van der Waals surface area contributed by atoms with Gasteiger partial charge in [0.1, 0.15) is 6.61 Å². The molecule has 0 aliphatic carbocycles. The van der Waals surface area contributed by atoms with Gasteiger partial charge in [0.05, 0.1) is 23.7 Å². The van der Waals surface area contributed by atoms with Gasteiger partial charge in [-0.1, -0.05) is 36.4 Å². The molecule has 0 atom stereocenters. The van der Waals surface area contributed by atoms with Crippen LogP contribution in [0.2, 0.25) is 0 Å². The highest BCUT2D eigenvalue weighted by Crippen LogP contribution is 2.30. The predicted octanol–water partition coefficient (Wildman–Crippen LogP) is 5.25. The second kappa shape index (κ2) is 9.20. The first-order chi connectivity index (χ1) is 14.1. The van der Waals surface area contributed by atoms with Gasteiger partial charge in [-0.2, -0.15) is 5.26 Å². The summed E-state index contributed by atoms with van der Waals surface area (Å²) in [6.07, 6.45) is 1.70. The first kappa shape index (κ1) is 19.6. The summed E-state index contributed by atoms with van der Waals surface area (Å²) < 4.78 is 11.3. The largest absolute Gasteiger partial charge is 0.493 e. The zero-order valence-electron chi connectivity index (χ0n) is 15.7. The fraction of sp³-hybridized carbons (Fsp3) is 0.0870. The maximum atomic E-state index is 10.8. The summed E-state index contributed by atoms with van der Waals surface area (Å²) in [6, 6.07) is 23.2. The quantitative estimate of drug-likeness (QED) is 0.240. The third-order valence-corrected chi connectivity index (χ3v) is 4.25. The van der Waals surface area contributed by atoms with Gasteiger partial charge < -0.3 is 9.47 Å². The van der Waals surface area contributed by atoms with Crippen LogP contribution in [0.15, 0.2) is 72.8 Å². The highest BCUT2D eigenvalue weighted by atomic mass is 16.6. The molecule has 0 saturated carbocycles. The van der Waals surface area contributed by atoms with Crippen molar-refractivity contribution in [1.82, 2.24) is 0 Å². The summed E-state index contributed by atoms with van der Waals surface area (Å²) >= 11 is 0. The van der Waals surface area contributed by atoms with Crippen molar-refractivity contribution < 1.29 is 14.4 Å². The van der Waals surface area contributed by atoms with Crippen molar-refractivity contribution in [3.05, 3.63) is 99.6 Å². The molecule has 29 heavy (non-hydrogen) atoms. The first-order valence-corrected chi connectivity index (χ1v) is 8.82. The average molecular weight is 386 g/mol. The van der Waals surface area contributed by atoms with Crippen LogP contribution in [0.25, 0.3) is 11.6 Å². The van der Waals surface area contributed by atoms with Crippen LogP contribution in [0.1, 0.15) is 16.7 Å². The number of non-ortho nitro benzene ring substituents is 1. The molecule has 0 aromatic heterocycles. The molecule has 0 spiro atoms. The molecule has 144 valence electrons. The minimum absolute atomic E-state index is 0.0212. The van der Waals surface area contributed by atoms with Gasteiger partial charge in [0, 0.05) is 12.1 Å². The van der Waals surface area contributed by atoms with Gasteiger partial charge in [-0.3, -0.25) is 10.1 Å². The SMILES string of the molecule is COc1ccc(C=C(C#N)c2ccc([N+](=O)[O-])cc2)cc1OCc1ccccc1. The van der Waals surface area contributed by atoms with Crippen molar-refractivity contribution >= 4 is 17.3 Å². The summed E-state index contributed by atoms with van der Waals surface area (Å²) in [7, 11) is 1.57. The summed E-state index contributed by atoms with van der Waals surface area (Å²) in [4.78, 5) is 10.3. The molecule has 3 aromatic carbocycles. The highest BCUT2D eigenvalue weighted by molar-refractivity contribution is 5.90. The first-order valence-electron chi connectivity index (χ1n) is 8.82. The monoisotopic (exact) mass is 386 g/mol. The Hall–Kier alpha value is -4.11. The highest BCUT2D eigenvalue weighted by Gasteiger charge is 2.09. The van der Waals surface area contributed by atoms with Crippen LogP contribution in [0.3, 0.4) is 0 Å². The molecule has 0 aliphatic rings. The fourth-order valence-electron chi connectivity index (χ4n) is 2.74. The minimum atomic E-state index is -0.473. The molecule has 6 heteroatoms. The van der Waals surface area contributed by atoms with E-state index in [9.17, 15) is 15.4 Å². The van der Waals surface area contributed by atoms with E-state index in [0.717, 1.165) is 11.1 Å². The van der Waals surface area contributed by atoms with Crippen molar-refractivity contribution in [2.45, 2.75) is 6.61 Å². The van der Waals surface area contributed by atoms with Crippen LogP contribution in [0.5, 0.6) is 11.5 Å². The Kier molecular flexibility index (Phi) is 6.23. The van der Waals surface area contributed by atoms with Crippen LogP contribution in [-0.2, 0) is 6.61 Å². The number of nitriles is 1. The maximum Gasteiger partial charge on any atom is 0.269 e. The molecule has 0 saturated heterocycles. The summed E-state index contributed by atoms with van der Waals surface area (Å²) in [5, 5.41) is 20.3. The zero-order chi connectivity index (χ0) is 20.6. The van der Waals surface area contributed by atoms with Crippen LogP contribution in [0, 0.1) is 21.4 Å². The summed E-state index contributed by atoms with van der Waals surface area (Å²) in [5.74, 6) is 1.15. The molecule has 0 radical (unpaired) electrons. The van der Waals surface area contributed by atoms with E-state index < -0.39 is 4.92 Å². The van der Waals surface area contributed by atoms with E-state index in [2.05, 4.69) is 6.07 Å². The third kappa shape index (κ3) is 4.99. The number of nitro groups is 1. The van der Waals surface area contributed by atoms with Gasteiger partial charge in [0.15, 0.2) is 11.5 Å². The van der Waals surface area contributed by atoms with Gasteiger partial charge in [-0.05, 0) is 47.0 Å². The number of hydrogen-bond acceptors (Lipinski definition) is 5. The number of hydrogen-bond donors (Lipinski definition) is 0. The zero-order valence-corrected chi connectivity index (χ0v) is 15.7. The molecular weight excluding hydrogens is 368 g/mol. The fourth-order valence-corrected chi connectivity index (χ4v) is 2.74. The molecule has 0 amide bonds. The molecule has 0 bridgehead atoms. The standard InChI is InChI=1S/C23H18N2O4/c1-28-22-12-7-18(14-23(22)29-16-17-5-3-2-4-6-17)13-20(15-24)19-8-10-21(11-9-19)25(26)27/h2-14H,16H2,1H3. The number of methoxy groups -OCH3 is 1. The number of nitro benzene ring substituents is 1. The van der Waals surface area contributed by atoms with Gasteiger partial charge in [0.2, 0.25) is 0 Å². The number of benzene rings is 3. The van der Waals surface area contributed by atoms with Crippen LogP contribution in [-0.4, -0.2) is 12.0 Å². The van der Waals surface area contributed by atoms with Crippen molar-refractivity contribution in [1.29, 1.82) is 5.26 Å². The lowest BCUT2D eigenvalue weighted by Crippen LogP contribution is -1.98. The smallest absolute Gasteiger partial charge is 0.269 e. The molecule has 6 nitrogen and oxygen atoms in total. The van der Waals surface area contributed by atoms with Gasteiger partial charge in [-0.15, -0.1) is 0 Å². The molecule has 0 aliphatic heterocycles. The topological polar surface area (TPSA) is 85.4 Å². The van der Waals surface area contributed by atoms with Gasteiger partial charge in [0.25, 0.3) is 5.69 Å². The molecular formula is C23H18N2O4. The second-order valence-electron chi connectivity index (χ2n) is 6.16. The average Bonchev–Trinajstić information content (AvgIpc) is 2.77. The molecule has 0 fully saturated rings. The minimum Gasteiger partial charge on any atom is -0.493 e. The van der Waals surface area contributed by atoms with Crippen LogP contribution in [0.4, 0.5) is 5.69 Å². The Morgan fingerprint density at radius 1 is 1.07 bits per heavy atom. The lowest BCUT2D eigenvalue weighted by molar-refractivity contribution is -0.384. The number of nitrogens with zero attached hydrogens (tertiary/aromatic N) is 2. The van der Waals surface area contributed by atoms with E-state index in [1.165, 1.54) is 12.1 Å². The van der Waals surface area contributed by atoms with E-state index in [-0.39, 0.29) is 5.69 Å². The lowest BCUT2D eigenvalue weighted by atomic mass is 10.0. The van der Waals surface area contributed by atoms with E-state index >= 15 is 0 Å². The van der Waals surface area contributed by atoms with Crippen LogP contribution >= 0.6 is 0 Å². The maximum absolute atomic E-state index is 10.8.